The van der Waals surface area contributed by atoms with E-state index in [-0.39, 0.29) is 11.4 Å². The number of hydrogen-bond donors (Lipinski definition) is 2. The third-order valence-electron chi connectivity index (χ3n) is 2.80. The second-order valence-electron chi connectivity index (χ2n) is 6.81. The first-order chi connectivity index (χ1) is 9.26. The van der Waals surface area contributed by atoms with E-state index in [0.717, 1.165) is 24.3 Å². The lowest BCUT2D eigenvalue weighted by atomic mass is 9.97. The minimum atomic E-state index is 0.152. The molecule has 0 radical (unpaired) electrons. The zero-order valence-electron chi connectivity index (χ0n) is 12.9. The van der Waals surface area contributed by atoms with E-state index in [0.29, 0.717) is 11.7 Å². The quantitative estimate of drug-likeness (QED) is 0.896. The predicted molar refractivity (Wildman–Crippen MR) is 82.5 cm³/mol. The van der Waals surface area contributed by atoms with Crippen LogP contribution in [0.4, 0.5) is 11.8 Å². The number of nitrogens with two attached hydrogens (primary N) is 1. The molecule has 0 aliphatic carbocycles. The highest BCUT2D eigenvalue weighted by Crippen LogP contribution is 2.23. The van der Waals surface area contributed by atoms with Crippen LogP contribution in [0.15, 0.2) is 6.33 Å². The Morgan fingerprint density at radius 2 is 2.00 bits per heavy atom. The zero-order valence-corrected chi connectivity index (χ0v) is 12.9. The van der Waals surface area contributed by atoms with Gasteiger partial charge in [0.1, 0.15) is 0 Å². The van der Waals surface area contributed by atoms with Gasteiger partial charge in [-0.3, -0.25) is 0 Å². The summed E-state index contributed by atoms with van der Waals surface area (Å²) in [5.41, 5.74) is 7.54. The highest BCUT2D eigenvalue weighted by atomic mass is 15.2. The van der Waals surface area contributed by atoms with Gasteiger partial charge in [0.25, 0.3) is 0 Å². The fourth-order valence-electron chi connectivity index (χ4n) is 2.01. The van der Waals surface area contributed by atoms with Crippen LogP contribution in [0.5, 0.6) is 0 Å². The largest absolute Gasteiger partial charge is 0.368 e. The van der Waals surface area contributed by atoms with Gasteiger partial charge in [0.2, 0.25) is 5.95 Å². The van der Waals surface area contributed by atoms with Gasteiger partial charge in [-0.15, -0.1) is 0 Å². The first kappa shape index (κ1) is 14.6. The van der Waals surface area contributed by atoms with Gasteiger partial charge < -0.3 is 15.6 Å². The van der Waals surface area contributed by atoms with Gasteiger partial charge in [-0.2, -0.15) is 9.97 Å². The van der Waals surface area contributed by atoms with E-state index in [1.807, 2.05) is 10.9 Å². The molecule has 0 saturated carbocycles. The van der Waals surface area contributed by atoms with Crippen molar-refractivity contribution in [1.82, 2.24) is 19.5 Å². The lowest BCUT2D eigenvalue weighted by Crippen LogP contribution is -2.16. The van der Waals surface area contributed by atoms with Crippen LogP contribution in [-0.2, 0) is 6.54 Å². The van der Waals surface area contributed by atoms with Crippen LogP contribution < -0.4 is 11.1 Å². The van der Waals surface area contributed by atoms with Gasteiger partial charge in [-0.05, 0) is 11.3 Å². The lowest BCUT2D eigenvalue weighted by Gasteiger charge is -2.19. The third-order valence-corrected chi connectivity index (χ3v) is 2.80. The van der Waals surface area contributed by atoms with Crippen molar-refractivity contribution in [1.29, 1.82) is 0 Å². The average molecular weight is 276 g/mol. The van der Waals surface area contributed by atoms with Crippen LogP contribution in [0.2, 0.25) is 0 Å². The van der Waals surface area contributed by atoms with Gasteiger partial charge in [0.05, 0.1) is 6.33 Å². The van der Waals surface area contributed by atoms with Crippen LogP contribution in [0.25, 0.3) is 11.2 Å². The molecule has 2 rings (SSSR count). The van der Waals surface area contributed by atoms with Gasteiger partial charge >= 0.3 is 0 Å². The first-order valence-corrected chi connectivity index (χ1v) is 6.98. The number of rotatable bonds is 4. The van der Waals surface area contributed by atoms with Crippen LogP contribution in [0.3, 0.4) is 0 Å². The molecule has 2 aromatic heterocycles. The summed E-state index contributed by atoms with van der Waals surface area (Å²) in [5.74, 6) is 1.52. The molecule has 0 spiro atoms. The molecule has 6 nitrogen and oxygen atoms in total. The van der Waals surface area contributed by atoms with E-state index >= 15 is 0 Å². The smallest absolute Gasteiger partial charge is 0.224 e. The molecular weight excluding hydrogens is 252 g/mol. The van der Waals surface area contributed by atoms with Crippen molar-refractivity contribution in [3.8, 4) is 0 Å². The second-order valence-corrected chi connectivity index (χ2v) is 6.81. The van der Waals surface area contributed by atoms with E-state index in [1.54, 1.807) is 0 Å². The number of nitrogens with one attached hydrogen (secondary N) is 1. The third kappa shape index (κ3) is 3.37. The normalized spacial score (nSPS) is 12.3. The summed E-state index contributed by atoms with van der Waals surface area (Å²) in [4.78, 5) is 13.0. The van der Waals surface area contributed by atoms with Crippen molar-refractivity contribution < 1.29 is 0 Å². The summed E-state index contributed by atoms with van der Waals surface area (Å²) < 4.78 is 2.04. The first-order valence-electron chi connectivity index (χ1n) is 6.98. The maximum atomic E-state index is 5.82. The Labute approximate surface area is 119 Å². The van der Waals surface area contributed by atoms with E-state index in [4.69, 9.17) is 5.73 Å². The standard InChI is InChI=1S/C14H24N6/c1-9(2)6-16-11-10-12(19-13(15)18-11)20(8-17-10)7-14(3,4)5/h8-9H,6-7H2,1-5H3,(H3,15,16,18,19). The molecule has 0 bridgehead atoms. The Morgan fingerprint density at radius 1 is 1.30 bits per heavy atom. The topological polar surface area (TPSA) is 81.7 Å². The van der Waals surface area contributed by atoms with Gasteiger partial charge in [-0.25, -0.2) is 4.98 Å². The summed E-state index contributed by atoms with van der Waals surface area (Å²) in [6, 6.07) is 0. The molecule has 0 unspecified atom stereocenters. The monoisotopic (exact) mass is 276 g/mol. The highest BCUT2D eigenvalue weighted by Gasteiger charge is 2.17. The lowest BCUT2D eigenvalue weighted by molar-refractivity contribution is 0.347. The molecule has 6 heteroatoms. The molecule has 20 heavy (non-hydrogen) atoms. The molecule has 0 aliphatic heterocycles. The Hall–Kier alpha value is -1.85. The number of nitrogen functional groups attached to an aromatic ring is 1. The molecule has 0 amide bonds. The maximum Gasteiger partial charge on any atom is 0.224 e. The maximum absolute atomic E-state index is 5.82. The van der Waals surface area contributed by atoms with E-state index < -0.39 is 0 Å². The van der Waals surface area contributed by atoms with Crippen molar-refractivity contribution >= 4 is 22.9 Å². The molecule has 0 aliphatic rings. The fraction of sp³-hybridized carbons (Fsp3) is 0.643. The molecule has 0 atom stereocenters. The Bertz CT molecular complexity index is 593. The molecule has 0 fully saturated rings. The van der Waals surface area contributed by atoms with Crippen LogP contribution in [0.1, 0.15) is 34.6 Å². The SMILES string of the molecule is CC(C)CNc1nc(N)nc2c1ncn2CC(C)(C)C. The number of imidazole rings is 1. The van der Waals surface area contributed by atoms with Crippen LogP contribution >= 0.6 is 0 Å². The van der Waals surface area contributed by atoms with Crippen molar-refractivity contribution in [2.24, 2.45) is 11.3 Å². The molecule has 0 aromatic carbocycles. The van der Waals surface area contributed by atoms with Crippen molar-refractivity contribution in [3.05, 3.63) is 6.33 Å². The summed E-state index contributed by atoms with van der Waals surface area (Å²) >= 11 is 0. The van der Waals surface area contributed by atoms with E-state index in [2.05, 4.69) is 54.9 Å². The number of anilines is 2. The number of aromatic nitrogens is 4. The summed E-state index contributed by atoms with van der Waals surface area (Å²) in [6.07, 6.45) is 1.81. The van der Waals surface area contributed by atoms with Crippen molar-refractivity contribution in [2.45, 2.75) is 41.2 Å². The van der Waals surface area contributed by atoms with Crippen molar-refractivity contribution in [2.75, 3.05) is 17.6 Å². The molecule has 3 N–H and O–H groups in total. The Balaban J connectivity index is 2.40. The number of hydrogen-bond acceptors (Lipinski definition) is 5. The number of nitrogens with zero attached hydrogens (tertiary/aromatic N) is 4. The fourth-order valence-corrected chi connectivity index (χ4v) is 2.01. The highest BCUT2D eigenvalue weighted by molar-refractivity contribution is 5.84. The average Bonchev–Trinajstić information content (AvgIpc) is 2.67. The predicted octanol–water partition coefficient (Wildman–Crippen LogP) is 2.52. The molecule has 2 heterocycles. The van der Waals surface area contributed by atoms with Crippen LogP contribution in [-0.4, -0.2) is 26.1 Å². The van der Waals surface area contributed by atoms with E-state index in [9.17, 15) is 0 Å². The zero-order chi connectivity index (χ0) is 14.9. The number of fused-ring (bicyclic) bond motifs is 1. The van der Waals surface area contributed by atoms with Gasteiger partial charge in [0.15, 0.2) is 17.0 Å². The minimum absolute atomic E-state index is 0.152. The minimum Gasteiger partial charge on any atom is -0.368 e. The van der Waals surface area contributed by atoms with Crippen LogP contribution in [0, 0.1) is 11.3 Å². The second kappa shape index (κ2) is 5.26. The molecule has 2 aromatic rings. The Morgan fingerprint density at radius 3 is 2.60 bits per heavy atom. The Kier molecular flexibility index (Phi) is 3.83. The van der Waals surface area contributed by atoms with Gasteiger partial charge in [0, 0.05) is 13.1 Å². The molecular formula is C14H24N6. The van der Waals surface area contributed by atoms with Crippen molar-refractivity contribution in [3.63, 3.8) is 0 Å². The molecule has 0 saturated heterocycles. The molecule has 110 valence electrons. The summed E-state index contributed by atoms with van der Waals surface area (Å²) in [6.45, 7) is 12.5. The van der Waals surface area contributed by atoms with Gasteiger partial charge in [-0.1, -0.05) is 34.6 Å². The van der Waals surface area contributed by atoms with E-state index in [1.165, 1.54) is 0 Å². The summed E-state index contributed by atoms with van der Waals surface area (Å²) in [5, 5.41) is 3.30. The summed E-state index contributed by atoms with van der Waals surface area (Å²) in [7, 11) is 0.